The highest BCUT2D eigenvalue weighted by Gasteiger charge is 2.48. The van der Waals surface area contributed by atoms with Crippen LogP contribution in [0, 0.1) is 11.8 Å². The van der Waals surface area contributed by atoms with E-state index in [1.807, 2.05) is 0 Å². The molecule has 3 saturated heterocycles. The summed E-state index contributed by atoms with van der Waals surface area (Å²) in [5, 5.41) is 0. The van der Waals surface area contributed by atoms with Gasteiger partial charge in [-0.2, -0.15) is 0 Å². The van der Waals surface area contributed by atoms with Crippen molar-refractivity contribution in [1.29, 1.82) is 0 Å². The van der Waals surface area contributed by atoms with Crippen LogP contribution in [0.15, 0.2) is 0 Å². The smallest absolute Gasteiger partial charge is 0.211 e. The van der Waals surface area contributed by atoms with Crippen LogP contribution in [0.2, 0.25) is 0 Å². The number of hydrogen-bond donors (Lipinski definition) is 0. The quantitative estimate of drug-likeness (QED) is 0.669. The lowest BCUT2D eigenvalue weighted by molar-refractivity contribution is 0.165. The summed E-state index contributed by atoms with van der Waals surface area (Å²) in [4.78, 5) is 2.60. The summed E-state index contributed by atoms with van der Waals surface area (Å²) in [7, 11) is -2.97. The zero-order chi connectivity index (χ0) is 11.3. The van der Waals surface area contributed by atoms with Gasteiger partial charge in [0.1, 0.15) is 0 Å². The van der Waals surface area contributed by atoms with Gasteiger partial charge >= 0.3 is 0 Å². The molecule has 0 spiro atoms. The van der Waals surface area contributed by atoms with E-state index in [9.17, 15) is 8.42 Å². The predicted molar refractivity (Wildman–Crippen MR) is 62.6 cm³/mol. The standard InChI is InChI=1S/C11H20N2O2S/c1-16(14,15)13-7-9-6-12-5-3-2-4-11(12)10(9)8-13/h9-11H,2-8H2,1H3. The third-order valence-corrected chi connectivity index (χ3v) is 5.79. The van der Waals surface area contributed by atoms with Crippen LogP contribution in [0.25, 0.3) is 0 Å². The summed E-state index contributed by atoms with van der Waals surface area (Å²) in [6, 6.07) is 0.672. The van der Waals surface area contributed by atoms with Crippen molar-refractivity contribution >= 4 is 10.0 Å². The van der Waals surface area contributed by atoms with Crippen molar-refractivity contribution in [2.75, 3.05) is 32.4 Å². The Morgan fingerprint density at radius 2 is 1.94 bits per heavy atom. The Balaban J connectivity index is 1.76. The van der Waals surface area contributed by atoms with Crippen LogP contribution in [0.3, 0.4) is 0 Å². The molecule has 0 N–H and O–H groups in total. The molecule has 3 aliphatic rings. The van der Waals surface area contributed by atoms with Crippen LogP contribution >= 0.6 is 0 Å². The van der Waals surface area contributed by atoms with Crippen molar-refractivity contribution in [2.45, 2.75) is 25.3 Å². The average Bonchev–Trinajstić information content (AvgIpc) is 2.72. The number of hydrogen-bond acceptors (Lipinski definition) is 3. The van der Waals surface area contributed by atoms with Crippen LogP contribution in [0.4, 0.5) is 0 Å². The van der Waals surface area contributed by atoms with Gasteiger partial charge in [0.2, 0.25) is 10.0 Å². The van der Waals surface area contributed by atoms with Gasteiger partial charge in [-0.15, -0.1) is 0 Å². The average molecular weight is 244 g/mol. The van der Waals surface area contributed by atoms with E-state index < -0.39 is 10.0 Å². The Bertz CT molecular complexity index is 381. The summed E-state index contributed by atoms with van der Waals surface area (Å²) >= 11 is 0. The summed E-state index contributed by atoms with van der Waals surface area (Å²) in [6.45, 7) is 3.89. The summed E-state index contributed by atoms with van der Waals surface area (Å²) < 4.78 is 24.8. The molecule has 0 aromatic heterocycles. The fraction of sp³-hybridized carbons (Fsp3) is 1.00. The summed E-state index contributed by atoms with van der Waals surface area (Å²) in [5.74, 6) is 1.20. The molecule has 0 aliphatic carbocycles. The molecule has 3 aliphatic heterocycles. The van der Waals surface area contributed by atoms with Gasteiger partial charge in [0, 0.05) is 25.7 Å². The Morgan fingerprint density at radius 3 is 2.69 bits per heavy atom. The monoisotopic (exact) mass is 244 g/mol. The van der Waals surface area contributed by atoms with Crippen molar-refractivity contribution in [2.24, 2.45) is 11.8 Å². The molecular weight excluding hydrogens is 224 g/mol. The lowest BCUT2D eigenvalue weighted by Crippen LogP contribution is -2.40. The summed E-state index contributed by atoms with van der Waals surface area (Å²) in [6.07, 6.45) is 5.26. The molecule has 0 aromatic carbocycles. The van der Waals surface area contributed by atoms with Gasteiger partial charge in [0.25, 0.3) is 0 Å². The Morgan fingerprint density at radius 1 is 1.12 bits per heavy atom. The zero-order valence-corrected chi connectivity index (χ0v) is 10.6. The van der Waals surface area contributed by atoms with Crippen LogP contribution < -0.4 is 0 Å². The summed E-state index contributed by atoms with van der Waals surface area (Å²) in [5.41, 5.74) is 0. The largest absolute Gasteiger partial charge is 0.300 e. The minimum absolute atomic E-state index is 0.595. The minimum atomic E-state index is -2.97. The maximum atomic E-state index is 11.5. The van der Waals surface area contributed by atoms with Crippen LogP contribution in [-0.4, -0.2) is 56.1 Å². The van der Waals surface area contributed by atoms with Crippen molar-refractivity contribution in [3.05, 3.63) is 0 Å². The maximum absolute atomic E-state index is 11.5. The molecule has 3 unspecified atom stereocenters. The normalized spacial score (nSPS) is 40.9. The Kier molecular flexibility index (Phi) is 2.53. The fourth-order valence-corrected chi connectivity index (χ4v) is 4.69. The Hall–Kier alpha value is -0.130. The first-order valence-corrected chi connectivity index (χ1v) is 8.10. The molecule has 92 valence electrons. The number of piperidine rings is 1. The molecule has 0 amide bonds. The number of sulfonamides is 1. The van der Waals surface area contributed by atoms with Crippen molar-refractivity contribution < 1.29 is 8.42 Å². The number of nitrogens with zero attached hydrogens (tertiary/aromatic N) is 2. The maximum Gasteiger partial charge on any atom is 0.211 e. The topological polar surface area (TPSA) is 40.6 Å². The van der Waals surface area contributed by atoms with E-state index in [-0.39, 0.29) is 0 Å². The number of fused-ring (bicyclic) bond motifs is 3. The second-order valence-corrected chi connectivity index (χ2v) is 7.54. The predicted octanol–water partition coefficient (Wildman–Crippen LogP) is 0.362. The molecule has 5 heteroatoms. The van der Waals surface area contributed by atoms with E-state index in [0.717, 1.165) is 19.6 Å². The molecule has 3 fully saturated rings. The van der Waals surface area contributed by atoms with Gasteiger partial charge < -0.3 is 0 Å². The highest BCUT2D eigenvalue weighted by Crippen LogP contribution is 2.40. The highest BCUT2D eigenvalue weighted by molar-refractivity contribution is 7.88. The lowest BCUT2D eigenvalue weighted by Gasteiger charge is -2.32. The van der Waals surface area contributed by atoms with Crippen LogP contribution in [0.1, 0.15) is 19.3 Å². The molecular formula is C11H20N2O2S. The molecule has 3 rings (SSSR count). The second-order valence-electron chi connectivity index (χ2n) is 5.56. The van der Waals surface area contributed by atoms with E-state index in [0.29, 0.717) is 17.9 Å². The molecule has 0 saturated carbocycles. The minimum Gasteiger partial charge on any atom is -0.300 e. The van der Waals surface area contributed by atoms with Gasteiger partial charge in [0.15, 0.2) is 0 Å². The third kappa shape index (κ3) is 1.69. The van der Waals surface area contributed by atoms with Gasteiger partial charge in [-0.3, -0.25) is 4.90 Å². The molecule has 16 heavy (non-hydrogen) atoms. The van der Waals surface area contributed by atoms with E-state index in [2.05, 4.69) is 4.90 Å². The molecule has 0 radical (unpaired) electrons. The van der Waals surface area contributed by atoms with E-state index in [1.54, 1.807) is 4.31 Å². The van der Waals surface area contributed by atoms with Crippen molar-refractivity contribution in [1.82, 2.24) is 9.21 Å². The fourth-order valence-electron chi connectivity index (χ4n) is 3.78. The first kappa shape index (κ1) is 11.0. The lowest BCUT2D eigenvalue weighted by atomic mass is 9.90. The van der Waals surface area contributed by atoms with Gasteiger partial charge in [-0.05, 0) is 31.2 Å². The number of rotatable bonds is 1. The third-order valence-electron chi connectivity index (χ3n) is 4.55. The van der Waals surface area contributed by atoms with Crippen LogP contribution in [-0.2, 0) is 10.0 Å². The molecule has 3 atom stereocenters. The highest BCUT2D eigenvalue weighted by atomic mass is 32.2. The van der Waals surface area contributed by atoms with Gasteiger partial charge in [-0.1, -0.05) is 6.42 Å². The molecule has 0 aromatic rings. The van der Waals surface area contributed by atoms with Gasteiger partial charge in [-0.25, -0.2) is 12.7 Å². The molecule has 0 bridgehead atoms. The SMILES string of the molecule is CS(=O)(=O)N1CC2CN3CCCCC3C2C1. The van der Waals surface area contributed by atoms with Gasteiger partial charge in [0.05, 0.1) is 6.26 Å². The molecule has 4 nitrogen and oxygen atoms in total. The van der Waals surface area contributed by atoms with E-state index in [4.69, 9.17) is 0 Å². The first-order valence-electron chi connectivity index (χ1n) is 6.25. The molecule has 3 heterocycles. The zero-order valence-electron chi connectivity index (χ0n) is 9.80. The first-order chi connectivity index (χ1) is 7.55. The van der Waals surface area contributed by atoms with Crippen molar-refractivity contribution in [3.63, 3.8) is 0 Å². The van der Waals surface area contributed by atoms with E-state index >= 15 is 0 Å². The van der Waals surface area contributed by atoms with Crippen molar-refractivity contribution in [3.8, 4) is 0 Å². The Labute approximate surface area is 97.7 Å². The second kappa shape index (κ2) is 3.68. The van der Waals surface area contributed by atoms with Crippen LogP contribution in [0.5, 0.6) is 0 Å². The van der Waals surface area contributed by atoms with E-state index in [1.165, 1.54) is 32.1 Å².